The van der Waals surface area contributed by atoms with Crippen molar-refractivity contribution in [3.63, 3.8) is 0 Å². The summed E-state index contributed by atoms with van der Waals surface area (Å²) in [5, 5.41) is 5.38. The molecule has 2 heterocycles. The van der Waals surface area contributed by atoms with Gasteiger partial charge in [-0.1, -0.05) is 35.3 Å². The molecule has 1 N–H and O–H groups in total. The Morgan fingerprint density at radius 3 is 2.33 bits per heavy atom. The molecule has 1 aliphatic rings. The van der Waals surface area contributed by atoms with Crippen molar-refractivity contribution in [1.29, 1.82) is 0 Å². The quantitative estimate of drug-likeness (QED) is 0.556. The standard InChI is InChI=1S/C22H22Cl2N4OS/c23-18-5-1-15(2-6-18)13-20-26-22(30-27-20)28-11-9-16(10-12-28)14-25-21(29)17-3-7-19(24)8-4-17/h1-8,16H,9-14H2,(H,25,29). The van der Waals surface area contributed by atoms with Gasteiger partial charge >= 0.3 is 0 Å². The van der Waals surface area contributed by atoms with Crippen molar-refractivity contribution in [3.8, 4) is 0 Å². The molecule has 4 rings (SSSR count). The lowest BCUT2D eigenvalue weighted by Gasteiger charge is -2.31. The fourth-order valence-corrected chi connectivity index (χ4v) is 4.49. The average Bonchev–Trinajstić information content (AvgIpc) is 3.23. The summed E-state index contributed by atoms with van der Waals surface area (Å²) in [6.07, 6.45) is 2.75. The minimum atomic E-state index is -0.0509. The van der Waals surface area contributed by atoms with Crippen LogP contribution in [0, 0.1) is 5.92 Å². The zero-order valence-electron chi connectivity index (χ0n) is 16.4. The van der Waals surface area contributed by atoms with E-state index in [1.54, 1.807) is 24.3 Å². The average molecular weight is 461 g/mol. The number of halogens is 2. The van der Waals surface area contributed by atoms with Gasteiger partial charge in [0.05, 0.1) is 0 Å². The Morgan fingerprint density at radius 2 is 1.67 bits per heavy atom. The zero-order valence-corrected chi connectivity index (χ0v) is 18.7. The van der Waals surface area contributed by atoms with Gasteiger partial charge in [-0.2, -0.15) is 4.37 Å². The normalized spacial score (nSPS) is 14.7. The summed E-state index contributed by atoms with van der Waals surface area (Å²) in [7, 11) is 0. The van der Waals surface area contributed by atoms with Crippen LogP contribution in [-0.4, -0.2) is 34.9 Å². The highest BCUT2D eigenvalue weighted by Gasteiger charge is 2.22. The van der Waals surface area contributed by atoms with Crippen LogP contribution in [0.2, 0.25) is 10.0 Å². The number of amides is 1. The maximum Gasteiger partial charge on any atom is 0.251 e. The van der Waals surface area contributed by atoms with Gasteiger partial charge in [-0.3, -0.25) is 4.79 Å². The van der Waals surface area contributed by atoms with Crippen molar-refractivity contribution in [2.24, 2.45) is 5.92 Å². The fourth-order valence-electron chi connectivity index (χ4n) is 3.50. The maximum atomic E-state index is 12.3. The molecule has 0 spiro atoms. The third-order valence-electron chi connectivity index (χ3n) is 5.28. The van der Waals surface area contributed by atoms with Gasteiger partial charge in [0, 0.05) is 53.2 Å². The van der Waals surface area contributed by atoms with Gasteiger partial charge in [0.25, 0.3) is 5.91 Å². The van der Waals surface area contributed by atoms with Gasteiger partial charge < -0.3 is 10.2 Å². The van der Waals surface area contributed by atoms with Crippen molar-refractivity contribution in [2.45, 2.75) is 19.3 Å². The van der Waals surface area contributed by atoms with Crippen molar-refractivity contribution < 1.29 is 4.79 Å². The molecule has 1 aliphatic heterocycles. The highest BCUT2D eigenvalue weighted by Crippen LogP contribution is 2.25. The van der Waals surface area contributed by atoms with E-state index in [-0.39, 0.29) is 5.91 Å². The van der Waals surface area contributed by atoms with Crippen LogP contribution in [0.1, 0.15) is 34.6 Å². The molecule has 2 aromatic carbocycles. The number of anilines is 1. The first kappa shape index (κ1) is 21.1. The predicted octanol–water partition coefficient (Wildman–Crippen LogP) is 5.08. The van der Waals surface area contributed by atoms with Crippen LogP contribution in [0.3, 0.4) is 0 Å². The Morgan fingerprint density at radius 1 is 1.03 bits per heavy atom. The topological polar surface area (TPSA) is 58.1 Å². The first-order valence-corrected chi connectivity index (χ1v) is 11.5. The number of nitrogens with zero attached hydrogens (tertiary/aromatic N) is 3. The van der Waals surface area contributed by atoms with Crippen LogP contribution in [0.15, 0.2) is 48.5 Å². The van der Waals surface area contributed by atoms with Crippen LogP contribution in [-0.2, 0) is 6.42 Å². The van der Waals surface area contributed by atoms with Crippen LogP contribution in [0.5, 0.6) is 0 Å². The smallest absolute Gasteiger partial charge is 0.251 e. The number of carbonyl (C=O) groups is 1. The lowest BCUT2D eigenvalue weighted by Crippen LogP contribution is -2.38. The van der Waals surface area contributed by atoms with Crippen molar-refractivity contribution >= 4 is 45.8 Å². The molecule has 1 saturated heterocycles. The van der Waals surface area contributed by atoms with E-state index in [4.69, 9.17) is 28.2 Å². The second-order valence-corrected chi connectivity index (χ2v) is 9.05. The molecule has 0 saturated carbocycles. The Hall–Kier alpha value is -2.15. The molecule has 156 valence electrons. The summed E-state index contributed by atoms with van der Waals surface area (Å²) in [5.41, 5.74) is 1.79. The zero-order chi connectivity index (χ0) is 20.9. The van der Waals surface area contributed by atoms with Gasteiger partial charge in [0.2, 0.25) is 5.13 Å². The number of carbonyl (C=O) groups excluding carboxylic acids is 1. The summed E-state index contributed by atoms with van der Waals surface area (Å²) < 4.78 is 4.52. The second-order valence-electron chi connectivity index (χ2n) is 7.44. The third kappa shape index (κ3) is 5.50. The molecule has 0 aliphatic carbocycles. The van der Waals surface area contributed by atoms with E-state index in [1.807, 2.05) is 24.3 Å². The number of nitrogens with one attached hydrogen (secondary N) is 1. The summed E-state index contributed by atoms with van der Waals surface area (Å²) in [6.45, 7) is 2.54. The third-order valence-corrected chi connectivity index (χ3v) is 6.59. The van der Waals surface area contributed by atoms with Crippen LogP contribution in [0.25, 0.3) is 0 Å². The first-order valence-electron chi connectivity index (χ1n) is 9.92. The molecule has 3 aromatic rings. The SMILES string of the molecule is O=C(NCC1CCN(c2nc(Cc3ccc(Cl)cc3)ns2)CC1)c1ccc(Cl)cc1. The van der Waals surface area contributed by atoms with Crippen molar-refractivity contribution in [3.05, 3.63) is 75.5 Å². The molecular formula is C22H22Cl2N4OS. The molecule has 1 fully saturated rings. The molecule has 0 unspecified atom stereocenters. The van der Waals surface area contributed by atoms with E-state index in [1.165, 1.54) is 11.5 Å². The molecule has 0 bridgehead atoms. The number of rotatable bonds is 6. The first-order chi connectivity index (χ1) is 14.6. The number of benzene rings is 2. The minimum absolute atomic E-state index is 0.0509. The van der Waals surface area contributed by atoms with Crippen molar-refractivity contribution in [1.82, 2.24) is 14.7 Å². The lowest BCUT2D eigenvalue weighted by atomic mass is 9.97. The number of piperidine rings is 1. The molecule has 8 heteroatoms. The van der Waals surface area contributed by atoms with E-state index in [0.29, 0.717) is 29.5 Å². The van der Waals surface area contributed by atoms with Crippen LogP contribution < -0.4 is 10.2 Å². The Balaban J connectivity index is 1.24. The van der Waals surface area contributed by atoms with Crippen molar-refractivity contribution in [2.75, 3.05) is 24.5 Å². The predicted molar refractivity (Wildman–Crippen MR) is 123 cm³/mol. The van der Waals surface area contributed by atoms with Crippen LogP contribution in [0.4, 0.5) is 5.13 Å². The Kier molecular flexibility index (Phi) is 6.87. The minimum Gasteiger partial charge on any atom is -0.352 e. The van der Waals surface area contributed by atoms with E-state index < -0.39 is 0 Å². The number of aromatic nitrogens is 2. The number of hydrogen-bond acceptors (Lipinski definition) is 5. The monoisotopic (exact) mass is 460 g/mol. The molecular weight excluding hydrogens is 439 g/mol. The molecule has 1 amide bonds. The highest BCUT2D eigenvalue weighted by molar-refractivity contribution is 7.09. The molecule has 5 nitrogen and oxygen atoms in total. The maximum absolute atomic E-state index is 12.3. The Labute approximate surface area is 190 Å². The van der Waals surface area contributed by atoms with E-state index in [9.17, 15) is 4.79 Å². The van der Waals surface area contributed by atoms with Gasteiger partial charge in [-0.25, -0.2) is 4.98 Å². The molecule has 30 heavy (non-hydrogen) atoms. The Bertz CT molecular complexity index is 983. The summed E-state index contributed by atoms with van der Waals surface area (Å²) >= 11 is 13.3. The van der Waals surface area contributed by atoms with Gasteiger partial charge in [-0.05, 0) is 60.7 Å². The second kappa shape index (κ2) is 9.77. The summed E-state index contributed by atoms with van der Waals surface area (Å²) in [5.74, 6) is 1.26. The fraction of sp³-hybridized carbons (Fsp3) is 0.318. The van der Waals surface area contributed by atoms with Gasteiger partial charge in [0.15, 0.2) is 0 Å². The number of hydrogen-bond donors (Lipinski definition) is 1. The summed E-state index contributed by atoms with van der Waals surface area (Å²) in [4.78, 5) is 19.3. The molecule has 0 atom stereocenters. The van der Waals surface area contributed by atoms with E-state index in [2.05, 4.69) is 14.6 Å². The molecule has 1 aromatic heterocycles. The largest absolute Gasteiger partial charge is 0.352 e. The van der Waals surface area contributed by atoms with Crippen LogP contribution >= 0.6 is 34.7 Å². The van der Waals surface area contributed by atoms with Gasteiger partial charge in [0.1, 0.15) is 5.82 Å². The van der Waals surface area contributed by atoms with E-state index in [0.717, 1.165) is 47.5 Å². The summed E-state index contributed by atoms with van der Waals surface area (Å²) in [6, 6.07) is 14.8. The molecule has 0 radical (unpaired) electrons. The lowest BCUT2D eigenvalue weighted by molar-refractivity contribution is 0.0945. The van der Waals surface area contributed by atoms with E-state index >= 15 is 0 Å². The highest BCUT2D eigenvalue weighted by atomic mass is 35.5. The van der Waals surface area contributed by atoms with Gasteiger partial charge in [-0.15, -0.1) is 0 Å².